The minimum absolute atomic E-state index is 0.0380. The Morgan fingerprint density at radius 1 is 1.32 bits per heavy atom. The van der Waals surface area contributed by atoms with Gasteiger partial charge >= 0.3 is 0 Å². The molecule has 4 rings (SSSR count). The molecule has 28 heavy (non-hydrogen) atoms. The molecule has 1 aliphatic heterocycles. The van der Waals surface area contributed by atoms with Crippen LogP contribution in [0.2, 0.25) is 0 Å². The van der Waals surface area contributed by atoms with Crippen molar-refractivity contribution in [2.45, 2.75) is 32.2 Å². The van der Waals surface area contributed by atoms with Gasteiger partial charge in [-0.15, -0.1) is 5.10 Å². The molecule has 3 aromatic rings. The smallest absolute Gasteiger partial charge is 0.280 e. The summed E-state index contributed by atoms with van der Waals surface area (Å²) in [6.07, 6.45) is 2.56. The van der Waals surface area contributed by atoms with Gasteiger partial charge in [0, 0.05) is 24.6 Å². The van der Waals surface area contributed by atoms with Crippen LogP contribution in [-0.2, 0) is 0 Å². The van der Waals surface area contributed by atoms with E-state index in [0.29, 0.717) is 41.6 Å². The molecule has 0 radical (unpaired) electrons. The summed E-state index contributed by atoms with van der Waals surface area (Å²) in [7, 11) is 0. The number of hydrogen-bond acceptors (Lipinski definition) is 7. The highest BCUT2D eigenvalue weighted by molar-refractivity contribution is 5.94. The fraction of sp³-hybridized carbons (Fsp3) is 0.368. The van der Waals surface area contributed by atoms with Crippen LogP contribution in [0, 0.1) is 11.3 Å². The zero-order chi connectivity index (χ0) is 19.7. The van der Waals surface area contributed by atoms with Crippen molar-refractivity contribution in [3.8, 4) is 17.7 Å². The Hall–Kier alpha value is -3.54. The van der Waals surface area contributed by atoms with Gasteiger partial charge < -0.3 is 9.42 Å². The van der Waals surface area contributed by atoms with Gasteiger partial charge in [-0.2, -0.15) is 10.2 Å². The van der Waals surface area contributed by atoms with E-state index in [-0.39, 0.29) is 17.9 Å². The first-order valence-electron chi connectivity index (χ1n) is 9.10. The van der Waals surface area contributed by atoms with Crippen molar-refractivity contribution in [1.82, 2.24) is 30.0 Å². The largest absolute Gasteiger partial charge is 0.336 e. The predicted octanol–water partition coefficient (Wildman–Crippen LogP) is 2.41. The molecule has 0 aliphatic carbocycles. The zero-order valence-electron chi connectivity index (χ0n) is 15.6. The summed E-state index contributed by atoms with van der Waals surface area (Å²) in [6.45, 7) is 5.16. The molecule has 0 bridgehead atoms. The second-order valence-electron chi connectivity index (χ2n) is 7.08. The molecule has 9 nitrogen and oxygen atoms in total. The maximum absolute atomic E-state index is 12.7. The molecule has 3 heterocycles. The van der Waals surface area contributed by atoms with Crippen LogP contribution in [0.3, 0.4) is 0 Å². The van der Waals surface area contributed by atoms with E-state index >= 15 is 0 Å². The second kappa shape index (κ2) is 7.23. The van der Waals surface area contributed by atoms with E-state index in [4.69, 9.17) is 9.78 Å². The standard InChI is InChI=1S/C19H19N7O2/c1-12(2)17-21-18(28-23-17)16-11-26(24-22-16)15-7-8-25(10-15)19(27)14-5-3-13(9-20)4-6-14/h3-6,11-12,15H,7-8,10H2,1-2H3. The highest BCUT2D eigenvalue weighted by Crippen LogP contribution is 2.25. The average Bonchev–Trinajstić information content (AvgIpc) is 3.46. The van der Waals surface area contributed by atoms with Gasteiger partial charge in [0.15, 0.2) is 11.5 Å². The Bertz CT molecular complexity index is 1030. The second-order valence-corrected chi connectivity index (χ2v) is 7.08. The van der Waals surface area contributed by atoms with Crippen molar-refractivity contribution in [1.29, 1.82) is 5.26 Å². The summed E-state index contributed by atoms with van der Waals surface area (Å²) in [5.41, 5.74) is 1.63. The fourth-order valence-corrected chi connectivity index (χ4v) is 3.14. The Kier molecular flexibility index (Phi) is 4.61. The van der Waals surface area contributed by atoms with Crippen LogP contribution >= 0.6 is 0 Å². The predicted molar refractivity (Wildman–Crippen MR) is 98.1 cm³/mol. The molecule has 2 aromatic heterocycles. The molecule has 0 saturated carbocycles. The lowest BCUT2D eigenvalue weighted by Crippen LogP contribution is -2.29. The van der Waals surface area contributed by atoms with Crippen LogP contribution in [0.4, 0.5) is 0 Å². The fourth-order valence-electron chi connectivity index (χ4n) is 3.14. The zero-order valence-corrected chi connectivity index (χ0v) is 15.6. The van der Waals surface area contributed by atoms with Gasteiger partial charge in [-0.1, -0.05) is 24.2 Å². The summed E-state index contributed by atoms with van der Waals surface area (Å²) in [4.78, 5) is 18.8. The summed E-state index contributed by atoms with van der Waals surface area (Å²) in [5, 5.41) is 21.1. The minimum atomic E-state index is -0.0502. The van der Waals surface area contributed by atoms with Crippen molar-refractivity contribution >= 4 is 5.91 Å². The maximum Gasteiger partial charge on any atom is 0.280 e. The van der Waals surface area contributed by atoms with E-state index in [0.717, 1.165) is 6.42 Å². The number of rotatable bonds is 4. The number of aromatic nitrogens is 5. The van der Waals surface area contributed by atoms with E-state index in [1.54, 1.807) is 40.0 Å². The molecule has 1 fully saturated rings. The Balaban J connectivity index is 1.44. The molecule has 142 valence electrons. The quantitative estimate of drug-likeness (QED) is 0.686. The Labute approximate surface area is 161 Å². The van der Waals surface area contributed by atoms with Crippen LogP contribution in [0.1, 0.15) is 54.0 Å². The number of amides is 1. The number of carbonyl (C=O) groups is 1. The van der Waals surface area contributed by atoms with Crippen LogP contribution in [-0.4, -0.2) is 49.0 Å². The molecule has 1 aromatic carbocycles. The van der Waals surface area contributed by atoms with E-state index in [1.165, 1.54) is 0 Å². The first kappa shape index (κ1) is 17.9. The molecular weight excluding hydrogens is 358 g/mol. The molecule has 0 N–H and O–H groups in total. The molecule has 1 aliphatic rings. The van der Waals surface area contributed by atoms with Gasteiger partial charge in [0.1, 0.15) is 0 Å². The number of hydrogen-bond donors (Lipinski definition) is 0. The van der Waals surface area contributed by atoms with Gasteiger partial charge in [-0.3, -0.25) is 4.79 Å². The lowest BCUT2D eigenvalue weighted by molar-refractivity contribution is 0.0787. The summed E-state index contributed by atoms with van der Waals surface area (Å²) >= 11 is 0. The van der Waals surface area contributed by atoms with E-state index in [9.17, 15) is 4.79 Å². The van der Waals surface area contributed by atoms with E-state index in [2.05, 4.69) is 26.5 Å². The number of likely N-dealkylation sites (tertiary alicyclic amines) is 1. The highest BCUT2D eigenvalue weighted by Gasteiger charge is 2.29. The van der Waals surface area contributed by atoms with Gasteiger partial charge in [0.05, 0.1) is 23.9 Å². The number of benzene rings is 1. The first-order valence-corrected chi connectivity index (χ1v) is 9.10. The molecular formula is C19H19N7O2. The SMILES string of the molecule is CC(C)c1noc(-c2cn(C3CCN(C(=O)c4ccc(C#N)cc4)C3)nn2)n1. The highest BCUT2D eigenvalue weighted by atomic mass is 16.5. The summed E-state index contributed by atoms with van der Waals surface area (Å²) in [6, 6.07) is 8.77. The van der Waals surface area contributed by atoms with Crippen molar-refractivity contribution in [2.24, 2.45) is 0 Å². The topological polar surface area (TPSA) is 114 Å². The number of nitriles is 1. The normalized spacial score (nSPS) is 16.5. The summed E-state index contributed by atoms with van der Waals surface area (Å²) < 4.78 is 7.01. The van der Waals surface area contributed by atoms with Gasteiger partial charge in [-0.05, 0) is 30.7 Å². The van der Waals surface area contributed by atoms with Gasteiger partial charge in [-0.25, -0.2) is 4.68 Å². The van der Waals surface area contributed by atoms with E-state index in [1.807, 2.05) is 13.8 Å². The Morgan fingerprint density at radius 3 is 2.79 bits per heavy atom. The third-order valence-corrected chi connectivity index (χ3v) is 4.77. The monoisotopic (exact) mass is 377 g/mol. The number of carbonyl (C=O) groups excluding carboxylic acids is 1. The molecule has 1 saturated heterocycles. The third kappa shape index (κ3) is 3.36. The van der Waals surface area contributed by atoms with Gasteiger partial charge in [0.25, 0.3) is 11.8 Å². The maximum atomic E-state index is 12.7. The van der Waals surface area contributed by atoms with Crippen LogP contribution in [0.25, 0.3) is 11.6 Å². The van der Waals surface area contributed by atoms with Crippen LogP contribution in [0.15, 0.2) is 35.0 Å². The summed E-state index contributed by atoms with van der Waals surface area (Å²) in [5.74, 6) is 1.10. The number of nitrogens with zero attached hydrogens (tertiary/aromatic N) is 7. The van der Waals surface area contributed by atoms with Crippen molar-refractivity contribution in [3.05, 3.63) is 47.4 Å². The van der Waals surface area contributed by atoms with Crippen LogP contribution < -0.4 is 0 Å². The van der Waals surface area contributed by atoms with Crippen molar-refractivity contribution < 1.29 is 9.32 Å². The van der Waals surface area contributed by atoms with Crippen molar-refractivity contribution in [3.63, 3.8) is 0 Å². The molecule has 0 spiro atoms. The first-order chi connectivity index (χ1) is 13.5. The minimum Gasteiger partial charge on any atom is -0.336 e. The van der Waals surface area contributed by atoms with Crippen LogP contribution in [0.5, 0.6) is 0 Å². The van der Waals surface area contributed by atoms with E-state index < -0.39 is 0 Å². The molecule has 9 heteroatoms. The third-order valence-electron chi connectivity index (χ3n) is 4.77. The lowest BCUT2D eigenvalue weighted by atomic mass is 10.1. The molecule has 1 amide bonds. The average molecular weight is 377 g/mol. The van der Waals surface area contributed by atoms with Crippen molar-refractivity contribution in [2.75, 3.05) is 13.1 Å². The van der Waals surface area contributed by atoms with Gasteiger partial charge in [0.2, 0.25) is 0 Å². The Morgan fingerprint density at radius 2 is 2.11 bits per heavy atom. The molecule has 1 atom stereocenters. The lowest BCUT2D eigenvalue weighted by Gasteiger charge is -2.16. The molecule has 1 unspecified atom stereocenters.